The molecule has 1 aromatic carbocycles. The van der Waals surface area contributed by atoms with Crippen LogP contribution in [-0.4, -0.2) is 35.8 Å². The van der Waals surface area contributed by atoms with Crippen molar-refractivity contribution in [2.24, 2.45) is 0 Å². The second-order valence-electron chi connectivity index (χ2n) is 5.37. The summed E-state index contributed by atoms with van der Waals surface area (Å²) in [6.07, 6.45) is 0.947. The molecule has 0 aliphatic rings. The number of aromatic amines is 1. The molecule has 0 unspecified atom stereocenters. The zero-order valence-electron chi connectivity index (χ0n) is 13.0. The molecule has 114 valence electrons. The molecular weight excluding hydrogens is 269 g/mol. The summed E-state index contributed by atoms with van der Waals surface area (Å²) in [6.45, 7) is 5.73. The Morgan fingerprint density at radius 2 is 2.10 bits per heavy atom. The quantitative estimate of drug-likeness (QED) is 0.890. The number of hydrogen-bond donors (Lipinski definition) is 1. The molecule has 0 bridgehead atoms. The predicted molar refractivity (Wildman–Crippen MR) is 81.1 cm³/mol. The number of aryl methyl sites for hydroxylation is 2. The van der Waals surface area contributed by atoms with Gasteiger partial charge in [-0.15, -0.1) is 0 Å². The van der Waals surface area contributed by atoms with Crippen molar-refractivity contribution in [3.63, 3.8) is 0 Å². The van der Waals surface area contributed by atoms with Crippen LogP contribution in [0.2, 0.25) is 0 Å². The average Bonchev–Trinajstić information content (AvgIpc) is 2.78. The minimum atomic E-state index is -0.325. The topological polar surface area (TPSA) is 41.1 Å². The average molecular weight is 291 g/mol. The molecule has 1 N–H and O–H groups in total. The zero-order chi connectivity index (χ0) is 15.4. The number of hydrogen-bond acceptors (Lipinski definition) is 3. The van der Waals surface area contributed by atoms with Gasteiger partial charge < -0.3 is 9.64 Å². The number of aromatic nitrogens is 2. The molecule has 5 heteroatoms. The summed E-state index contributed by atoms with van der Waals surface area (Å²) in [5.41, 5.74) is 4.50. The van der Waals surface area contributed by atoms with Crippen molar-refractivity contribution in [1.82, 2.24) is 15.1 Å². The Hall–Kier alpha value is -1.88. The molecule has 0 amide bonds. The summed E-state index contributed by atoms with van der Waals surface area (Å²) in [5.74, 6) is -0.0315. The van der Waals surface area contributed by atoms with Crippen LogP contribution in [-0.2, 0) is 13.0 Å². The second kappa shape index (κ2) is 6.72. The van der Waals surface area contributed by atoms with E-state index in [1.807, 2.05) is 13.8 Å². The third-order valence-electron chi connectivity index (χ3n) is 3.69. The van der Waals surface area contributed by atoms with Gasteiger partial charge in [0, 0.05) is 18.8 Å². The van der Waals surface area contributed by atoms with Gasteiger partial charge in [0.2, 0.25) is 0 Å². The number of nitrogens with zero attached hydrogens (tertiary/aromatic N) is 2. The van der Waals surface area contributed by atoms with Gasteiger partial charge in [0.05, 0.1) is 12.8 Å². The fraction of sp³-hybridized carbons (Fsp3) is 0.438. The summed E-state index contributed by atoms with van der Waals surface area (Å²) in [6, 6.07) is 5.00. The maximum Gasteiger partial charge on any atom is 0.165 e. The lowest BCUT2D eigenvalue weighted by molar-refractivity contribution is 0.328. The third-order valence-corrected chi connectivity index (χ3v) is 3.69. The first-order valence-corrected chi connectivity index (χ1v) is 7.02. The van der Waals surface area contributed by atoms with Gasteiger partial charge in [0.25, 0.3) is 0 Å². The molecule has 2 rings (SSSR count). The first kappa shape index (κ1) is 15.5. The van der Waals surface area contributed by atoms with Crippen LogP contribution in [0.15, 0.2) is 18.2 Å². The summed E-state index contributed by atoms with van der Waals surface area (Å²) in [7, 11) is 3.54. The molecule has 21 heavy (non-hydrogen) atoms. The van der Waals surface area contributed by atoms with Gasteiger partial charge in [-0.25, -0.2) is 4.39 Å². The van der Waals surface area contributed by atoms with Crippen molar-refractivity contribution < 1.29 is 9.13 Å². The van der Waals surface area contributed by atoms with E-state index in [0.29, 0.717) is 5.75 Å². The molecule has 0 fully saturated rings. The smallest absolute Gasteiger partial charge is 0.165 e. The van der Waals surface area contributed by atoms with Crippen molar-refractivity contribution in [2.75, 3.05) is 20.7 Å². The number of ether oxygens (including phenoxy) is 1. The molecule has 0 aliphatic carbocycles. The van der Waals surface area contributed by atoms with Gasteiger partial charge in [-0.3, -0.25) is 5.10 Å². The highest BCUT2D eigenvalue weighted by Crippen LogP contribution is 2.19. The highest BCUT2D eigenvalue weighted by molar-refractivity contribution is 5.30. The maximum absolute atomic E-state index is 13.4. The van der Waals surface area contributed by atoms with E-state index in [1.54, 1.807) is 12.1 Å². The van der Waals surface area contributed by atoms with Crippen molar-refractivity contribution in [2.45, 2.75) is 26.8 Å². The van der Waals surface area contributed by atoms with Crippen LogP contribution in [0.1, 0.15) is 22.5 Å². The van der Waals surface area contributed by atoms with E-state index in [4.69, 9.17) is 4.74 Å². The number of halogens is 1. The lowest BCUT2D eigenvalue weighted by Gasteiger charge is -2.17. The third kappa shape index (κ3) is 3.82. The fourth-order valence-corrected chi connectivity index (χ4v) is 2.44. The van der Waals surface area contributed by atoms with Crippen LogP contribution in [0.25, 0.3) is 0 Å². The normalized spacial score (nSPS) is 11.1. The minimum absolute atomic E-state index is 0.294. The Bertz CT molecular complexity index is 590. The van der Waals surface area contributed by atoms with Crippen molar-refractivity contribution >= 4 is 0 Å². The second-order valence-corrected chi connectivity index (χ2v) is 5.37. The largest absolute Gasteiger partial charge is 0.494 e. The van der Waals surface area contributed by atoms with Gasteiger partial charge >= 0.3 is 0 Å². The highest BCUT2D eigenvalue weighted by Gasteiger charge is 2.09. The molecule has 2 aromatic rings. The molecular formula is C16H22FN3O. The minimum Gasteiger partial charge on any atom is -0.494 e. The summed E-state index contributed by atoms with van der Waals surface area (Å²) < 4.78 is 18.4. The van der Waals surface area contributed by atoms with Crippen LogP contribution >= 0.6 is 0 Å². The monoisotopic (exact) mass is 291 g/mol. The lowest BCUT2D eigenvalue weighted by atomic mass is 10.1. The Morgan fingerprint density at radius 3 is 2.71 bits per heavy atom. The van der Waals surface area contributed by atoms with E-state index < -0.39 is 0 Å². The molecule has 1 heterocycles. The van der Waals surface area contributed by atoms with Gasteiger partial charge in [0.15, 0.2) is 11.6 Å². The highest BCUT2D eigenvalue weighted by atomic mass is 19.1. The van der Waals surface area contributed by atoms with Crippen molar-refractivity contribution in [3.05, 3.63) is 46.5 Å². The molecule has 4 nitrogen and oxygen atoms in total. The van der Waals surface area contributed by atoms with E-state index in [9.17, 15) is 4.39 Å². The molecule has 0 saturated carbocycles. The van der Waals surface area contributed by atoms with Crippen LogP contribution in [0.3, 0.4) is 0 Å². The Kier molecular flexibility index (Phi) is 4.96. The number of H-pyrrole nitrogens is 1. The fourth-order valence-electron chi connectivity index (χ4n) is 2.44. The Morgan fingerprint density at radius 1 is 1.33 bits per heavy atom. The van der Waals surface area contributed by atoms with Crippen molar-refractivity contribution in [1.29, 1.82) is 0 Å². The number of benzene rings is 1. The number of likely N-dealkylation sites (N-methyl/N-ethyl adjacent to an activating group) is 1. The number of methoxy groups -OCH3 is 1. The zero-order valence-corrected chi connectivity index (χ0v) is 13.0. The summed E-state index contributed by atoms with van der Waals surface area (Å²) in [4.78, 5) is 2.21. The van der Waals surface area contributed by atoms with E-state index >= 15 is 0 Å². The predicted octanol–water partition coefficient (Wildman–Crippen LogP) is 2.85. The molecule has 1 aromatic heterocycles. The molecule has 0 radical (unpaired) electrons. The Labute approximate surface area is 124 Å². The molecule has 0 atom stereocenters. The van der Waals surface area contributed by atoms with Crippen LogP contribution in [0.4, 0.5) is 4.39 Å². The molecule has 0 aliphatic heterocycles. The first-order valence-electron chi connectivity index (χ1n) is 7.02. The molecule has 0 spiro atoms. The summed E-state index contributed by atoms with van der Waals surface area (Å²) >= 11 is 0. The lowest BCUT2D eigenvalue weighted by Crippen LogP contribution is -2.21. The molecule has 0 saturated heterocycles. The van der Waals surface area contributed by atoms with Crippen LogP contribution in [0.5, 0.6) is 5.75 Å². The standard InChI is InChI=1S/C16H22FN3O/c1-11-14(12(2)19-18-11)7-8-20(3)10-13-5-6-15(17)16(9-13)21-4/h5-6,9H,7-8,10H2,1-4H3,(H,18,19). The van der Waals surface area contributed by atoms with Gasteiger partial charge in [-0.2, -0.15) is 5.10 Å². The van der Waals surface area contributed by atoms with E-state index in [-0.39, 0.29) is 5.82 Å². The van der Waals surface area contributed by atoms with E-state index in [1.165, 1.54) is 18.7 Å². The SMILES string of the molecule is COc1cc(CN(C)CCc2c(C)n[nH]c2C)ccc1F. The van der Waals surface area contributed by atoms with Crippen LogP contribution in [0, 0.1) is 19.7 Å². The van der Waals surface area contributed by atoms with Gasteiger partial charge in [-0.1, -0.05) is 6.07 Å². The van der Waals surface area contributed by atoms with Gasteiger partial charge in [-0.05, 0) is 50.6 Å². The number of rotatable bonds is 6. The summed E-state index contributed by atoms with van der Waals surface area (Å²) in [5, 5.41) is 7.21. The maximum atomic E-state index is 13.4. The van der Waals surface area contributed by atoms with E-state index in [2.05, 4.69) is 22.1 Å². The Balaban J connectivity index is 1.94. The van der Waals surface area contributed by atoms with E-state index in [0.717, 1.165) is 36.5 Å². The van der Waals surface area contributed by atoms with Crippen LogP contribution < -0.4 is 4.74 Å². The van der Waals surface area contributed by atoms with Crippen molar-refractivity contribution in [3.8, 4) is 5.75 Å². The first-order chi connectivity index (χ1) is 10.0. The number of nitrogens with one attached hydrogen (secondary N) is 1. The van der Waals surface area contributed by atoms with Gasteiger partial charge in [0.1, 0.15) is 0 Å².